The van der Waals surface area contributed by atoms with Crippen molar-refractivity contribution >= 4 is 40.0 Å². The number of carbonyl (C=O) groups excluding carboxylic acids is 1. The molecule has 0 saturated carbocycles. The number of thiophene rings is 1. The summed E-state index contributed by atoms with van der Waals surface area (Å²) in [5, 5.41) is 5.00. The van der Waals surface area contributed by atoms with Crippen LogP contribution in [-0.4, -0.2) is 57.0 Å². The minimum Gasteiger partial charge on any atom is -0.351 e. The van der Waals surface area contributed by atoms with Crippen LogP contribution in [0.1, 0.15) is 5.56 Å². The van der Waals surface area contributed by atoms with Gasteiger partial charge >= 0.3 is 6.03 Å². The van der Waals surface area contributed by atoms with Gasteiger partial charge in [0.1, 0.15) is 6.33 Å². The molecule has 1 aliphatic rings. The second-order valence-corrected chi connectivity index (χ2v) is 8.32. The zero-order valence-electron chi connectivity index (χ0n) is 17.0. The van der Waals surface area contributed by atoms with Gasteiger partial charge in [-0.25, -0.2) is 24.7 Å². The van der Waals surface area contributed by atoms with Crippen molar-refractivity contribution in [3.63, 3.8) is 0 Å². The molecule has 0 radical (unpaired) electrons. The summed E-state index contributed by atoms with van der Waals surface area (Å²) < 4.78 is 0. The summed E-state index contributed by atoms with van der Waals surface area (Å²) in [6, 6.07) is 11.7. The standard InChI is InChI=1S/C22H21N7OS/c1-15-4-2-5-16(12-15)26-22(30)29-9-7-28(8-10-29)21-19-20(24-14-25-21)23-13-17(27-19)18-6-3-11-31-18/h2-6,11-14H,7-10H2,1H3,(H,26,30). The summed E-state index contributed by atoms with van der Waals surface area (Å²) in [5.74, 6) is 0.759. The van der Waals surface area contributed by atoms with Crippen molar-refractivity contribution in [2.75, 3.05) is 36.4 Å². The number of hydrogen-bond acceptors (Lipinski definition) is 7. The van der Waals surface area contributed by atoms with Crippen LogP contribution in [0.15, 0.2) is 54.3 Å². The fourth-order valence-electron chi connectivity index (χ4n) is 3.65. The Labute approximate surface area is 183 Å². The molecule has 4 heterocycles. The highest BCUT2D eigenvalue weighted by atomic mass is 32.1. The van der Waals surface area contributed by atoms with Crippen LogP contribution in [-0.2, 0) is 0 Å². The average Bonchev–Trinajstić information content (AvgIpc) is 3.33. The first-order chi connectivity index (χ1) is 15.2. The number of piperazine rings is 1. The molecular weight excluding hydrogens is 410 g/mol. The Balaban J connectivity index is 1.32. The van der Waals surface area contributed by atoms with Gasteiger partial charge in [0.15, 0.2) is 17.0 Å². The van der Waals surface area contributed by atoms with Crippen molar-refractivity contribution in [3.8, 4) is 10.6 Å². The molecule has 3 aromatic heterocycles. The van der Waals surface area contributed by atoms with E-state index < -0.39 is 0 Å². The summed E-state index contributed by atoms with van der Waals surface area (Å²) in [5.41, 5.74) is 4.00. The Bertz CT molecular complexity index is 1220. The molecule has 1 N–H and O–H groups in total. The number of anilines is 2. The molecule has 1 aliphatic heterocycles. The van der Waals surface area contributed by atoms with Crippen LogP contribution in [0.4, 0.5) is 16.3 Å². The Morgan fingerprint density at radius 1 is 1.06 bits per heavy atom. The lowest BCUT2D eigenvalue weighted by molar-refractivity contribution is 0.208. The van der Waals surface area contributed by atoms with Gasteiger partial charge in [0.2, 0.25) is 0 Å². The number of rotatable bonds is 3. The van der Waals surface area contributed by atoms with E-state index in [4.69, 9.17) is 4.98 Å². The number of hydrogen-bond donors (Lipinski definition) is 1. The maximum Gasteiger partial charge on any atom is 0.321 e. The molecule has 156 valence electrons. The number of fused-ring (bicyclic) bond motifs is 1. The highest BCUT2D eigenvalue weighted by Gasteiger charge is 2.24. The van der Waals surface area contributed by atoms with E-state index in [-0.39, 0.29) is 6.03 Å². The number of urea groups is 1. The first-order valence-corrected chi connectivity index (χ1v) is 10.9. The Morgan fingerprint density at radius 2 is 1.94 bits per heavy atom. The number of nitrogens with one attached hydrogen (secondary N) is 1. The van der Waals surface area contributed by atoms with E-state index in [1.54, 1.807) is 17.5 Å². The fraction of sp³-hybridized carbons (Fsp3) is 0.227. The molecule has 1 aromatic carbocycles. The summed E-state index contributed by atoms with van der Waals surface area (Å²) in [6.07, 6.45) is 3.27. The van der Waals surface area contributed by atoms with Gasteiger partial charge in [-0.1, -0.05) is 18.2 Å². The minimum atomic E-state index is -0.0856. The van der Waals surface area contributed by atoms with Crippen molar-refractivity contribution in [1.29, 1.82) is 0 Å². The number of benzene rings is 1. The Morgan fingerprint density at radius 3 is 2.71 bits per heavy atom. The molecule has 1 saturated heterocycles. The Kier molecular flexibility index (Phi) is 5.17. The SMILES string of the molecule is Cc1cccc(NC(=O)N2CCN(c3ncnc4ncc(-c5cccs5)nc34)CC2)c1. The van der Waals surface area contributed by atoms with Crippen LogP contribution in [0, 0.1) is 6.92 Å². The van der Waals surface area contributed by atoms with E-state index >= 15 is 0 Å². The third-order valence-electron chi connectivity index (χ3n) is 5.23. The van der Waals surface area contributed by atoms with Crippen LogP contribution >= 0.6 is 11.3 Å². The van der Waals surface area contributed by atoms with E-state index in [0.717, 1.165) is 27.6 Å². The highest BCUT2D eigenvalue weighted by Crippen LogP contribution is 2.27. The molecule has 5 rings (SSSR count). The predicted octanol–water partition coefficient (Wildman–Crippen LogP) is 3.81. The molecule has 0 spiro atoms. The van der Waals surface area contributed by atoms with E-state index in [1.165, 1.54) is 6.33 Å². The van der Waals surface area contributed by atoms with Gasteiger partial charge in [-0.05, 0) is 36.1 Å². The minimum absolute atomic E-state index is 0.0856. The lowest BCUT2D eigenvalue weighted by atomic mass is 10.2. The van der Waals surface area contributed by atoms with Crippen molar-refractivity contribution in [2.24, 2.45) is 0 Å². The summed E-state index contributed by atoms with van der Waals surface area (Å²) in [4.78, 5) is 35.7. The van der Waals surface area contributed by atoms with Crippen LogP contribution in [0.25, 0.3) is 21.7 Å². The van der Waals surface area contributed by atoms with Gasteiger partial charge in [-0.3, -0.25) is 0 Å². The highest BCUT2D eigenvalue weighted by molar-refractivity contribution is 7.13. The quantitative estimate of drug-likeness (QED) is 0.531. The molecule has 31 heavy (non-hydrogen) atoms. The topological polar surface area (TPSA) is 87.1 Å². The maximum atomic E-state index is 12.7. The number of carbonyl (C=O) groups is 1. The van der Waals surface area contributed by atoms with Gasteiger partial charge in [-0.2, -0.15) is 0 Å². The third kappa shape index (κ3) is 4.04. The molecule has 0 bridgehead atoms. The van der Waals surface area contributed by atoms with Gasteiger partial charge in [0.05, 0.1) is 16.8 Å². The van der Waals surface area contributed by atoms with Crippen molar-refractivity contribution in [1.82, 2.24) is 24.8 Å². The normalized spacial score (nSPS) is 14.1. The summed E-state index contributed by atoms with van der Waals surface area (Å²) in [6.45, 7) is 4.53. The largest absolute Gasteiger partial charge is 0.351 e. The summed E-state index contributed by atoms with van der Waals surface area (Å²) >= 11 is 1.62. The third-order valence-corrected chi connectivity index (χ3v) is 6.13. The zero-order chi connectivity index (χ0) is 21.2. The lowest BCUT2D eigenvalue weighted by Gasteiger charge is -2.35. The van der Waals surface area contributed by atoms with Crippen molar-refractivity contribution in [2.45, 2.75) is 6.92 Å². The maximum absolute atomic E-state index is 12.7. The molecule has 4 aromatic rings. The molecular formula is C22H21N7OS. The number of amides is 2. The number of aryl methyl sites for hydroxylation is 1. The summed E-state index contributed by atoms with van der Waals surface area (Å²) in [7, 11) is 0. The van der Waals surface area contributed by atoms with E-state index in [2.05, 4.69) is 25.2 Å². The number of nitrogens with zero attached hydrogens (tertiary/aromatic N) is 6. The van der Waals surface area contributed by atoms with Crippen LogP contribution in [0.2, 0.25) is 0 Å². The first-order valence-electron chi connectivity index (χ1n) is 10.1. The molecule has 1 fully saturated rings. The van der Waals surface area contributed by atoms with E-state index in [1.807, 2.05) is 53.6 Å². The van der Waals surface area contributed by atoms with Crippen molar-refractivity contribution < 1.29 is 4.79 Å². The molecule has 2 amide bonds. The smallest absolute Gasteiger partial charge is 0.321 e. The molecule has 0 atom stereocenters. The second kappa shape index (κ2) is 8.27. The van der Waals surface area contributed by atoms with Gasteiger partial charge in [-0.15, -0.1) is 11.3 Å². The average molecular weight is 432 g/mol. The second-order valence-electron chi connectivity index (χ2n) is 7.38. The number of aromatic nitrogens is 4. The van der Waals surface area contributed by atoms with Crippen LogP contribution < -0.4 is 10.2 Å². The van der Waals surface area contributed by atoms with Gasteiger partial charge in [0.25, 0.3) is 0 Å². The monoisotopic (exact) mass is 431 g/mol. The lowest BCUT2D eigenvalue weighted by Crippen LogP contribution is -2.50. The van der Waals surface area contributed by atoms with Gasteiger partial charge in [0, 0.05) is 31.9 Å². The molecule has 0 aliphatic carbocycles. The van der Waals surface area contributed by atoms with E-state index in [9.17, 15) is 4.79 Å². The van der Waals surface area contributed by atoms with E-state index in [0.29, 0.717) is 37.3 Å². The predicted molar refractivity (Wildman–Crippen MR) is 122 cm³/mol. The molecule has 0 unspecified atom stereocenters. The van der Waals surface area contributed by atoms with Crippen LogP contribution in [0.3, 0.4) is 0 Å². The molecule has 9 heteroatoms. The zero-order valence-corrected chi connectivity index (χ0v) is 17.8. The first kappa shape index (κ1) is 19.4. The van der Waals surface area contributed by atoms with Crippen molar-refractivity contribution in [3.05, 3.63) is 59.9 Å². The van der Waals surface area contributed by atoms with Crippen LogP contribution in [0.5, 0.6) is 0 Å². The fourth-order valence-corrected chi connectivity index (χ4v) is 4.33. The molecule has 8 nitrogen and oxygen atoms in total. The Hall–Kier alpha value is -3.59. The van der Waals surface area contributed by atoms with Gasteiger partial charge < -0.3 is 15.1 Å².